The van der Waals surface area contributed by atoms with Crippen LogP contribution in [0.5, 0.6) is 0 Å². The normalized spacial score (nSPS) is 28.5. The van der Waals surface area contributed by atoms with E-state index in [9.17, 15) is 0 Å². The zero-order chi connectivity index (χ0) is 7.84. The maximum atomic E-state index is 5.99. The highest BCUT2D eigenvalue weighted by Gasteiger charge is 2.24. The summed E-state index contributed by atoms with van der Waals surface area (Å²) in [6.45, 7) is 2.21. The zero-order valence-electron chi connectivity index (χ0n) is 6.75. The van der Waals surface area contributed by atoms with Crippen LogP contribution in [0.1, 0.15) is 24.1 Å². The molecule has 0 fully saturated rings. The molecule has 0 bridgehead atoms. The topological polar surface area (TPSA) is 26.0 Å². The van der Waals surface area contributed by atoms with Crippen LogP contribution in [-0.2, 0) is 6.42 Å². The predicted octanol–water partition coefficient (Wildman–Crippen LogP) is 1.88. The third-order valence-corrected chi connectivity index (χ3v) is 2.57. The summed E-state index contributed by atoms with van der Waals surface area (Å²) in [5.74, 6) is 0.618. The van der Waals surface area contributed by atoms with Gasteiger partial charge in [0.05, 0.1) is 0 Å². The molecule has 1 heteroatoms. The number of fused-ring (bicyclic) bond motifs is 1. The first-order chi connectivity index (χ1) is 5.29. The molecular weight excluding hydrogens is 134 g/mol. The van der Waals surface area contributed by atoms with E-state index < -0.39 is 0 Å². The number of hydrogen-bond donors (Lipinski definition) is 1. The lowest BCUT2D eigenvalue weighted by Crippen LogP contribution is -2.13. The molecule has 2 atom stereocenters. The van der Waals surface area contributed by atoms with Crippen LogP contribution in [0.4, 0.5) is 0 Å². The van der Waals surface area contributed by atoms with Crippen molar-refractivity contribution in [2.75, 3.05) is 0 Å². The Balaban J connectivity index is 2.47. The number of nitrogens with two attached hydrogens (primary N) is 1. The Kier molecular flexibility index (Phi) is 1.46. The van der Waals surface area contributed by atoms with E-state index in [0.29, 0.717) is 5.92 Å². The van der Waals surface area contributed by atoms with Gasteiger partial charge < -0.3 is 5.73 Å². The molecule has 0 aromatic heterocycles. The number of benzene rings is 1. The fourth-order valence-corrected chi connectivity index (χ4v) is 1.83. The lowest BCUT2D eigenvalue weighted by atomic mass is 10.0. The van der Waals surface area contributed by atoms with Crippen molar-refractivity contribution in [2.45, 2.75) is 19.4 Å². The maximum absolute atomic E-state index is 5.99. The molecule has 0 spiro atoms. The van der Waals surface area contributed by atoms with E-state index in [0.717, 1.165) is 6.42 Å². The zero-order valence-corrected chi connectivity index (χ0v) is 6.75. The molecule has 0 saturated heterocycles. The van der Waals surface area contributed by atoms with Gasteiger partial charge in [0.15, 0.2) is 0 Å². The van der Waals surface area contributed by atoms with E-state index in [2.05, 4.69) is 31.2 Å². The van der Waals surface area contributed by atoms with Crippen molar-refractivity contribution in [3.05, 3.63) is 35.4 Å². The van der Waals surface area contributed by atoms with E-state index in [1.165, 1.54) is 11.1 Å². The Bertz CT molecular complexity index is 267. The summed E-state index contributed by atoms with van der Waals surface area (Å²) >= 11 is 0. The van der Waals surface area contributed by atoms with Crippen LogP contribution in [0.2, 0.25) is 0 Å². The summed E-state index contributed by atoms with van der Waals surface area (Å²) < 4.78 is 0. The molecule has 1 aliphatic carbocycles. The molecule has 1 aliphatic rings. The van der Waals surface area contributed by atoms with E-state index >= 15 is 0 Å². The van der Waals surface area contributed by atoms with Crippen molar-refractivity contribution in [1.29, 1.82) is 0 Å². The summed E-state index contributed by atoms with van der Waals surface area (Å²) in [4.78, 5) is 0. The molecule has 2 unspecified atom stereocenters. The van der Waals surface area contributed by atoms with Crippen molar-refractivity contribution >= 4 is 0 Å². The minimum atomic E-state index is 0.270. The predicted molar refractivity (Wildman–Crippen MR) is 46.2 cm³/mol. The van der Waals surface area contributed by atoms with Gasteiger partial charge in [-0.25, -0.2) is 0 Å². The second kappa shape index (κ2) is 2.35. The third-order valence-electron chi connectivity index (χ3n) is 2.57. The average molecular weight is 147 g/mol. The van der Waals surface area contributed by atoms with Crippen LogP contribution in [0.3, 0.4) is 0 Å². The number of hydrogen-bond acceptors (Lipinski definition) is 1. The molecule has 2 N–H and O–H groups in total. The molecule has 1 nitrogen and oxygen atoms in total. The lowest BCUT2D eigenvalue weighted by Gasteiger charge is -2.08. The lowest BCUT2D eigenvalue weighted by molar-refractivity contribution is 0.513. The molecule has 0 radical (unpaired) electrons. The Labute approximate surface area is 67.2 Å². The quantitative estimate of drug-likeness (QED) is 0.595. The highest BCUT2D eigenvalue weighted by atomic mass is 14.7. The molecule has 2 rings (SSSR count). The molecule has 0 heterocycles. The highest BCUT2D eigenvalue weighted by molar-refractivity contribution is 5.34. The summed E-state index contributed by atoms with van der Waals surface area (Å²) in [6.07, 6.45) is 1.15. The van der Waals surface area contributed by atoms with Crippen LogP contribution < -0.4 is 5.73 Å². The van der Waals surface area contributed by atoms with Gasteiger partial charge in [0.1, 0.15) is 0 Å². The van der Waals surface area contributed by atoms with Crippen molar-refractivity contribution < 1.29 is 0 Å². The fraction of sp³-hybridized carbons (Fsp3) is 0.400. The average Bonchev–Trinajstić information content (AvgIpc) is 2.30. The van der Waals surface area contributed by atoms with Gasteiger partial charge in [0.25, 0.3) is 0 Å². The molecule has 11 heavy (non-hydrogen) atoms. The third kappa shape index (κ3) is 0.962. The van der Waals surface area contributed by atoms with Crippen molar-refractivity contribution in [3.8, 4) is 0 Å². The Morgan fingerprint density at radius 3 is 2.82 bits per heavy atom. The van der Waals surface area contributed by atoms with Gasteiger partial charge in [-0.2, -0.15) is 0 Å². The first-order valence-electron chi connectivity index (χ1n) is 4.12. The van der Waals surface area contributed by atoms with Crippen LogP contribution in [0, 0.1) is 5.92 Å². The smallest absolute Gasteiger partial charge is 0.0326 e. The van der Waals surface area contributed by atoms with Crippen molar-refractivity contribution in [3.63, 3.8) is 0 Å². The molecule has 0 saturated carbocycles. The summed E-state index contributed by atoms with van der Waals surface area (Å²) in [5, 5.41) is 0. The first kappa shape index (κ1) is 6.86. The molecule has 1 aromatic rings. The van der Waals surface area contributed by atoms with E-state index in [1.807, 2.05) is 0 Å². The molecule has 0 aliphatic heterocycles. The summed E-state index contributed by atoms with van der Waals surface area (Å²) in [6, 6.07) is 8.74. The van der Waals surface area contributed by atoms with E-state index in [-0.39, 0.29) is 6.04 Å². The van der Waals surface area contributed by atoms with Crippen molar-refractivity contribution in [1.82, 2.24) is 0 Å². The Morgan fingerprint density at radius 1 is 1.36 bits per heavy atom. The summed E-state index contributed by atoms with van der Waals surface area (Å²) in [5.41, 5.74) is 8.77. The Morgan fingerprint density at radius 2 is 2.09 bits per heavy atom. The van der Waals surface area contributed by atoms with Gasteiger partial charge in [-0.15, -0.1) is 0 Å². The first-order valence-corrected chi connectivity index (χ1v) is 4.12. The minimum Gasteiger partial charge on any atom is -0.324 e. The monoisotopic (exact) mass is 147 g/mol. The van der Waals surface area contributed by atoms with Crippen LogP contribution >= 0.6 is 0 Å². The van der Waals surface area contributed by atoms with Gasteiger partial charge >= 0.3 is 0 Å². The van der Waals surface area contributed by atoms with E-state index in [1.54, 1.807) is 0 Å². The van der Waals surface area contributed by atoms with Crippen LogP contribution in [0.25, 0.3) is 0 Å². The largest absolute Gasteiger partial charge is 0.324 e. The minimum absolute atomic E-state index is 0.270. The van der Waals surface area contributed by atoms with Gasteiger partial charge in [-0.3, -0.25) is 0 Å². The second-order valence-corrected chi connectivity index (χ2v) is 3.41. The van der Waals surface area contributed by atoms with E-state index in [4.69, 9.17) is 5.73 Å². The standard InChI is InChI=1S/C10H13N/c1-7-6-8-4-2-3-5-9(8)10(7)11/h2-5,7,10H,6,11H2,1H3. The van der Waals surface area contributed by atoms with Crippen LogP contribution in [0.15, 0.2) is 24.3 Å². The van der Waals surface area contributed by atoms with Gasteiger partial charge in [-0.05, 0) is 23.5 Å². The molecule has 1 aromatic carbocycles. The van der Waals surface area contributed by atoms with Gasteiger partial charge in [-0.1, -0.05) is 31.2 Å². The van der Waals surface area contributed by atoms with Crippen molar-refractivity contribution in [2.24, 2.45) is 11.7 Å². The fourth-order valence-electron chi connectivity index (χ4n) is 1.83. The summed E-state index contributed by atoms with van der Waals surface area (Å²) in [7, 11) is 0. The molecule has 0 amide bonds. The SMILES string of the molecule is CC1Cc2ccccc2C1N. The molecular formula is C10H13N. The van der Waals surface area contributed by atoms with Gasteiger partial charge in [0, 0.05) is 6.04 Å². The maximum Gasteiger partial charge on any atom is 0.0326 e. The van der Waals surface area contributed by atoms with Crippen LogP contribution in [-0.4, -0.2) is 0 Å². The number of rotatable bonds is 0. The second-order valence-electron chi connectivity index (χ2n) is 3.41. The molecule has 58 valence electrons. The van der Waals surface area contributed by atoms with Gasteiger partial charge in [0.2, 0.25) is 0 Å². The highest BCUT2D eigenvalue weighted by Crippen LogP contribution is 2.33. The Hall–Kier alpha value is -0.820.